The highest BCUT2D eigenvalue weighted by atomic mass is 16.3. The summed E-state index contributed by atoms with van der Waals surface area (Å²) in [4.78, 5) is 0. The number of benzene rings is 1. The van der Waals surface area contributed by atoms with Crippen LogP contribution in [0.1, 0.15) is 64.2 Å². The highest BCUT2D eigenvalue weighted by Gasteiger charge is 2.27. The number of rotatable bonds is 1. The molecule has 0 aliphatic carbocycles. The summed E-state index contributed by atoms with van der Waals surface area (Å²) in [5, 5.41) is 28.7. The summed E-state index contributed by atoms with van der Waals surface area (Å²) in [5.41, 5.74) is 1.83. The molecule has 1 N–H and O–H groups in total. The molecule has 0 bridgehead atoms. The first-order valence-corrected chi connectivity index (χ1v) is 6.69. The standard InChI is InChI=1S/C17H22N2O/c1-16(2,3)12-7-13(11(9-18)10-19)15(20)14(8-12)17(4,5)6/h7-8,11,20H,1-6H3. The molecule has 0 unspecified atom stereocenters. The fraction of sp³-hybridized carbons (Fsp3) is 0.529. The zero-order valence-corrected chi connectivity index (χ0v) is 13.1. The molecule has 0 fully saturated rings. The number of hydrogen-bond acceptors (Lipinski definition) is 3. The average molecular weight is 270 g/mol. The molecule has 0 atom stereocenters. The molecule has 0 saturated heterocycles. The molecule has 20 heavy (non-hydrogen) atoms. The Kier molecular flexibility index (Phi) is 4.15. The van der Waals surface area contributed by atoms with E-state index >= 15 is 0 Å². The van der Waals surface area contributed by atoms with E-state index in [9.17, 15) is 5.11 Å². The van der Waals surface area contributed by atoms with Gasteiger partial charge in [-0.25, -0.2) is 0 Å². The van der Waals surface area contributed by atoms with Gasteiger partial charge in [0.15, 0.2) is 5.92 Å². The summed E-state index contributed by atoms with van der Waals surface area (Å²) >= 11 is 0. The smallest absolute Gasteiger partial charge is 0.161 e. The maximum absolute atomic E-state index is 10.4. The second-order valence-corrected chi connectivity index (χ2v) is 7.15. The molecule has 3 heteroatoms. The van der Waals surface area contributed by atoms with Crippen molar-refractivity contribution in [3.05, 3.63) is 28.8 Å². The number of phenols is 1. The molecule has 0 amide bonds. The molecule has 0 aromatic heterocycles. The zero-order valence-electron chi connectivity index (χ0n) is 13.1. The van der Waals surface area contributed by atoms with Crippen molar-refractivity contribution >= 4 is 0 Å². The molecule has 0 spiro atoms. The monoisotopic (exact) mass is 270 g/mol. The minimum absolute atomic E-state index is 0.0681. The van der Waals surface area contributed by atoms with Crippen molar-refractivity contribution in [2.75, 3.05) is 0 Å². The van der Waals surface area contributed by atoms with Crippen LogP contribution in [0.2, 0.25) is 0 Å². The summed E-state index contributed by atoms with van der Waals surface area (Å²) in [6.07, 6.45) is 0. The summed E-state index contributed by atoms with van der Waals surface area (Å²) in [5.74, 6) is -0.878. The lowest BCUT2D eigenvalue weighted by atomic mass is 9.77. The van der Waals surface area contributed by atoms with Crippen molar-refractivity contribution in [1.29, 1.82) is 10.5 Å². The van der Waals surface area contributed by atoms with Crippen LogP contribution in [0.4, 0.5) is 0 Å². The van der Waals surface area contributed by atoms with E-state index in [0.717, 1.165) is 11.1 Å². The third-order valence-corrected chi connectivity index (χ3v) is 3.38. The lowest BCUT2D eigenvalue weighted by molar-refractivity contribution is 0.438. The number of nitriles is 2. The quantitative estimate of drug-likeness (QED) is 0.834. The summed E-state index contributed by atoms with van der Waals surface area (Å²) in [6, 6.07) is 7.65. The fourth-order valence-electron chi connectivity index (χ4n) is 2.05. The third kappa shape index (κ3) is 3.11. The van der Waals surface area contributed by atoms with Crippen LogP contribution in [-0.4, -0.2) is 5.11 Å². The SMILES string of the molecule is CC(C)(C)c1cc(C(C#N)C#N)c(O)c(C(C)(C)C)c1. The van der Waals surface area contributed by atoms with Gasteiger partial charge < -0.3 is 5.11 Å². The summed E-state index contributed by atoms with van der Waals surface area (Å²) < 4.78 is 0. The van der Waals surface area contributed by atoms with Crippen LogP contribution in [0.25, 0.3) is 0 Å². The fourth-order valence-corrected chi connectivity index (χ4v) is 2.05. The molecule has 106 valence electrons. The Morgan fingerprint density at radius 3 is 1.80 bits per heavy atom. The van der Waals surface area contributed by atoms with E-state index < -0.39 is 5.92 Å². The summed E-state index contributed by atoms with van der Waals surface area (Å²) in [6.45, 7) is 12.2. The van der Waals surface area contributed by atoms with Gasteiger partial charge in [0.05, 0.1) is 12.1 Å². The highest BCUT2D eigenvalue weighted by molar-refractivity contribution is 5.53. The molecule has 0 aliphatic rings. The number of aromatic hydroxyl groups is 1. The Morgan fingerprint density at radius 1 is 0.950 bits per heavy atom. The molecule has 1 aromatic rings. The molecule has 0 aliphatic heterocycles. The number of nitrogens with zero attached hydrogens (tertiary/aromatic N) is 2. The second-order valence-electron chi connectivity index (χ2n) is 7.15. The molecule has 1 aromatic carbocycles. The normalized spacial score (nSPS) is 12.1. The van der Waals surface area contributed by atoms with Gasteiger partial charge in [0, 0.05) is 5.56 Å². The maximum Gasteiger partial charge on any atom is 0.161 e. The van der Waals surface area contributed by atoms with E-state index in [1.165, 1.54) is 0 Å². The highest BCUT2D eigenvalue weighted by Crippen LogP contribution is 2.40. The van der Waals surface area contributed by atoms with E-state index in [0.29, 0.717) is 5.56 Å². The van der Waals surface area contributed by atoms with E-state index in [1.807, 2.05) is 39.0 Å². The predicted octanol–water partition coefficient (Wildman–Crippen LogP) is 4.12. The van der Waals surface area contributed by atoms with Crippen LogP contribution >= 0.6 is 0 Å². The topological polar surface area (TPSA) is 67.8 Å². The van der Waals surface area contributed by atoms with E-state index in [1.54, 1.807) is 6.07 Å². The van der Waals surface area contributed by atoms with Gasteiger partial charge in [0.2, 0.25) is 0 Å². The van der Waals surface area contributed by atoms with Crippen molar-refractivity contribution in [2.45, 2.75) is 58.3 Å². The Labute approximate surface area is 121 Å². The Morgan fingerprint density at radius 2 is 1.45 bits per heavy atom. The number of phenolic OH excluding ortho intramolecular Hbond substituents is 1. The van der Waals surface area contributed by atoms with Crippen LogP contribution in [0.15, 0.2) is 12.1 Å². The van der Waals surface area contributed by atoms with Crippen molar-refractivity contribution in [1.82, 2.24) is 0 Å². The first kappa shape index (κ1) is 16.1. The van der Waals surface area contributed by atoms with Crippen LogP contribution in [0.3, 0.4) is 0 Å². The van der Waals surface area contributed by atoms with Gasteiger partial charge in [0.1, 0.15) is 5.75 Å². The minimum Gasteiger partial charge on any atom is -0.507 e. The van der Waals surface area contributed by atoms with Crippen molar-refractivity contribution in [3.63, 3.8) is 0 Å². The van der Waals surface area contributed by atoms with Crippen molar-refractivity contribution in [2.24, 2.45) is 0 Å². The largest absolute Gasteiger partial charge is 0.507 e. The molecule has 0 saturated carbocycles. The van der Waals surface area contributed by atoms with Gasteiger partial charge in [-0.2, -0.15) is 10.5 Å². The lowest BCUT2D eigenvalue weighted by Gasteiger charge is -2.27. The Balaban J connectivity index is 3.70. The van der Waals surface area contributed by atoms with Crippen LogP contribution in [0.5, 0.6) is 5.75 Å². The predicted molar refractivity (Wildman–Crippen MR) is 79.5 cm³/mol. The molecular formula is C17H22N2O. The molecule has 0 radical (unpaired) electrons. The van der Waals surface area contributed by atoms with E-state index in [-0.39, 0.29) is 16.6 Å². The van der Waals surface area contributed by atoms with Crippen molar-refractivity contribution < 1.29 is 5.11 Å². The number of hydrogen-bond donors (Lipinski definition) is 1. The second kappa shape index (κ2) is 5.17. The molecule has 3 nitrogen and oxygen atoms in total. The first-order valence-electron chi connectivity index (χ1n) is 6.69. The maximum atomic E-state index is 10.4. The molecular weight excluding hydrogens is 248 g/mol. The van der Waals surface area contributed by atoms with Gasteiger partial charge in [-0.05, 0) is 28.0 Å². The van der Waals surface area contributed by atoms with Crippen LogP contribution in [-0.2, 0) is 10.8 Å². The average Bonchev–Trinajstić information content (AvgIpc) is 2.29. The Hall–Kier alpha value is -2.00. The lowest BCUT2D eigenvalue weighted by Crippen LogP contribution is -2.18. The van der Waals surface area contributed by atoms with Gasteiger partial charge >= 0.3 is 0 Å². The van der Waals surface area contributed by atoms with E-state index in [2.05, 4.69) is 20.8 Å². The Bertz CT molecular complexity index is 576. The van der Waals surface area contributed by atoms with Crippen molar-refractivity contribution in [3.8, 4) is 17.9 Å². The zero-order chi connectivity index (χ0) is 15.7. The minimum atomic E-state index is -0.946. The molecule has 0 heterocycles. The third-order valence-electron chi connectivity index (χ3n) is 3.38. The van der Waals surface area contributed by atoms with E-state index in [4.69, 9.17) is 10.5 Å². The first-order chi connectivity index (χ1) is 9.02. The molecule has 1 rings (SSSR count). The van der Waals surface area contributed by atoms with Gasteiger partial charge in [-0.3, -0.25) is 0 Å². The van der Waals surface area contributed by atoms with Gasteiger partial charge in [-0.1, -0.05) is 47.6 Å². The van der Waals surface area contributed by atoms with Crippen LogP contribution < -0.4 is 0 Å². The van der Waals surface area contributed by atoms with Gasteiger partial charge in [-0.15, -0.1) is 0 Å². The van der Waals surface area contributed by atoms with Gasteiger partial charge in [0.25, 0.3) is 0 Å². The summed E-state index contributed by atoms with van der Waals surface area (Å²) in [7, 11) is 0. The van der Waals surface area contributed by atoms with Crippen LogP contribution in [0, 0.1) is 22.7 Å².